The van der Waals surface area contributed by atoms with Crippen LogP contribution in [0.15, 0.2) is 40.6 Å². The summed E-state index contributed by atoms with van der Waals surface area (Å²) in [6.45, 7) is 6.20. The molecular formula is C22H24N7OS+. The first-order valence-corrected chi connectivity index (χ1v) is 11.4. The number of piperidine rings is 1. The smallest absolute Gasteiger partial charge is 0.283 e. The Morgan fingerprint density at radius 3 is 2.90 bits per heavy atom. The van der Waals surface area contributed by atoms with Crippen molar-refractivity contribution in [2.75, 3.05) is 18.0 Å². The van der Waals surface area contributed by atoms with Gasteiger partial charge in [0, 0.05) is 52.8 Å². The Bertz CT molecular complexity index is 1320. The Kier molecular flexibility index (Phi) is 4.13. The lowest BCUT2D eigenvalue weighted by Gasteiger charge is -2.21. The molecule has 4 N–H and O–H groups in total. The fraction of sp³-hybridized carbons (Fsp3) is 0.364. The third-order valence-corrected chi connectivity index (χ3v) is 7.51. The van der Waals surface area contributed by atoms with Crippen LogP contribution in [-0.4, -0.2) is 44.3 Å². The largest absolute Gasteiger partial charge is 0.355 e. The minimum absolute atomic E-state index is 0.342. The number of nitrogens with one attached hydrogen (secondary N) is 1. The van der Waals surface area contributed by atoms with Gasteiger partial charge in [0.2, 0.25) is 6.20 Å². The van der Waals surface area contributed by atoms with Gasteiger partial charge < -0.3 is 15.6 Å². The van der Waals surface area contributed by atoms with Crippen molar-refractivity contribution in [1.29, 1.82) is 0 Å². The minimum Gasteiger partial charge on any atom is -0.355 e. The van der Waals surface area contributed by atoms with E-state index in [1.165, 1.54) is 23.0 Å². The summed E-state index contributed by atoms with van der Waals surface area (Å²) < 4.78 is 1.09. The zero-order chi connectivity index (χ0) is 21.3. The van der Waals surface area contributed by atoms with Crippen molar-refractivity contribution in [3.63, 3.8) is 0 Å². The monoisotopic (exact) mass is 434 g/mol. The number of fused-ring (bicyclic) bond motifs is 3. The summed E-state index contributed by atoms with van der Waals surface area (Å²) in [6, 6.07) is 5.88. The zero-order valence-corrected chi connectivity index (χ0v) is 18.2. The predicted molar refractivity (Wildman–Crippen MR) is 118 cm³/mol. The lowest BCUT2D eigenvalue weighted by atomic mass is 10.1. The molecule has 5 heterocycles. The summed E-state index contributed by atoms with van der Waals surface area (Å²) in [6.07, 6.45) is 4.31. The average molecular weight is 435 g/mol. The Morgan fingerprint density at radius 1 is 1.32 bits per heavy atom. The molecule has 1 saturated heterocycles. The predicted octanol–water partition coefficient (Wildman–Crippen LogP) is 2.45. The molecule has 1 aliphatic carbocycles. The van der Waals surface area contributed by atoms with Gasteiger partial charge in [-0.3, -0.25) is 5.21 Å². The van der Waals surface area contributed by atoms with Crippen LogP contribution < -0.4 is 15.4 Å². The van der Waals surface area contributed by atoms with Crippen molar-refractivity contribution in [2.45, 2.75) is 36.4 Å². The molecule has 0 bridgehead atoms. The number of H-pyrrole nitrogens is 1. The van der Waals surface area contributed by atoms with Gasteiger partial charge in [-0.05, 0) is 48.6 Å². The number of aromatic nitrogens is 5. The standard InChI is InChI=1S/C22H24N7OS/c1-3-15-11(2)18-20(25-15)26-22(27-21(18)28-9-13-14(10-28)19(13)23)31-12-7-17-16(24-8-12)5-4-6-29(17)30/h4-8,13-14,19,30H,3,9-10,23H2,1-2H3,(H,25,26,27)/q+1. The first-order chi connectivity index (χ1) is 15.0. The second-order valence-electron chi connectivity index (χ2n) is 8.48. The summed E-state index contributed by atoms with van der Waals surface area (Å²) >= 11 is 1.45. The SMILES string of the molecule is CCc1[nH]c2nc(Sc3cnc4ccc[n+](O)c4c3)nc(N3CC4C(N)C4C3)c2c1C. The van der Waals surface area contributed by atoms with Gasteiger partial charge in [0.15, 0.2) is 5.16 Å². The summed E-state index contributed by atoms with van der Waals surface area (Å²) in [7, 11) is 0. The van der Waals surface area contributed by atoms with Crippen molar-refractivity contribution in [3.8, 4) is 0 Å². The van der Waals surface area contributed by atoms with E-state index in [2.05, 4.69) is 28.7 Å². The highest BCUT2D eigenvalue weighted by Crippen LogP contribution is 2.46. The Labute approximate surface area is 183 Å². The molecule has 2 atom stereocenters. The van der Waals surface area contributed by atoms with Crippen LogP contribution in [0.5, 0.6) is 0 Å². The van der Waals surface area contributed by atoms with Crippen LogP contribution in [0.3, 0.4) is 0 Å². The minimum atomic E-state index is 0.342. The van der Waals surface area contributed by atoms with Gasteiger partial charge in [-0.15, -0.1) is 0 Å². The molecule has 4 aromatic heterocycles. The van der Waals surface area contributed by atoms with Crippen LogP contribution >= 0.6 is 11.8 Å². The van der Waals surface area contributed by atoms with E-state index in [9.17, 15) is 5.21 Å². The number of nitrogens with zero attached hydrogens (tertiary/aromatic N) is 5. The molecule has 0 spiro atoms. The molecule has 2 unspecified atom stereocenters. The first-order valence-electron chi connectivity index (χ1n) is 10.6. The van der Waals surface area contributed by atoms with Gasteiger partial charge in [-0.25, -0.2) is 15.0 Å². The van der Waals surface area contributed by atoms with E-state index < -0.39 is 0 Å². The van der Waals surface area contributed by atoms with Crippen LogP contribution in [0.25, 0.3) is 22.1 Å². The molecule has 0 radical (unpaired) electrons. The topological polar surface area (TPSA) is 108 Å². The molecule has 1 aliphatic heterocycles. The molecule has 4 aromatic rings. The molecule has 158 valence electrons. The number of hydrogen-bond acceptors (Lipinski definition) is 7. The fourth-order valence-electron chi connectivity index (χ4n) is 4.84. The number of hydrogen-bond donors (Lipinski definition) is 3. The molecule has 6 rings (SSSR count). The number of nitrogens with two attached hydrogens (primary N) is 1. The van der Waals surface area contributed by atoms with Crippen LogP contribution in [0.4, 0.5) is 5.82 Å². The average Bonchev–Trinajstić information content (AvgIpc) is 3.09. The van der Waals surface area contributed by atoms with Crippen LogP contribution in [0, 0.1) is 18.8 Å². The van der Waals surface area contributed by atoms with Crippen molar-refractivity contribution < 1.29 is 9.94 Å². The van der Waals surface area contributed by atoms with E-state index in [4.69, 9.17) is 15.7 Å². The van der Waals surface area contributed by atoms with Crippen molar-refractivity contribution in [2.24, 2.45) is 17.6 Å². The van der Waals surface area contributed by atoms with Crippen molar-refractivity contribution in [3.05, 3.63) is 41.9 Å². The summed E-state index contributed by atoms with van der Waals surface area (Å²) in [5, 5.41) is 11.9. The van der Waals surface area contributed by atoms with Gasteiger partial charge in [0.05, 0.1) is 5.39 Å². The van der Waals surface area contributed by atoms with Crippen LogP contribution in [0.2, 0.25) is 0 Å². The molecular weight excluding hydrogens is 410 g/mol. The second-order valence-corrected chi connectivity index (χ2v) is 9.52. The Balaban J connectivity index is 1.43. The number of rotatable bonds is 4. The van der Waals surface area contributed by atoms with Crippen molar-refractivity contribution in [1.82, 2.24) is 19.9 Å². The number of aryl methyl sites for hydroxylation is 2. The van der Waals surface area contributed by atoms with E-state index in [0.717, 1.165) is 51.5 Å². The first kappa shape index (κ1) is 18.8. The maximum atomic E-state index is 10.1. The van der Waals surface area contributed by atoms with E-state index in [1.807, 2.05) is 12.1 Å². The number of pyridine rings is 2. The van der Waals surface area contributed by atoms with Gasteiger partial charge in [0.1, 0.15) is 17.0 Å². The number of aromatic amines is 1. The molecule has 2 aliphatic rings. The lowest BCUT2D eigenvalue weighted by molar-refractivity contribution is -0.884. The molecule has 9 heteroatoms. The van der Waals surface area contributed by atoms with Crippen LogP contribution in [0.1, 0.15) is 18.2 Å². The molecule has 2 fully saturated rings. The Hall–Kier alpha value is -2.91. The quantitative estimate of drug-likeness (QED) is 0.257. The maximum Gasteiger partial charge on any atom is 0.283 e. The second kappa shape index (κ2) is 6.80. The third-order valence-electron chi connectivity index (χ3n) is 6.69. The van der Waals surface area contributed by atoms with Crippen LogP contribution in [-0.2, 0) is 6.42 Å². The molecule has 8 nitrogen and oxygen atoms in total. The Morgan fingerprint density at radius 2 is 2.13 bits per heavy atom. The molecule has 0 aromatic carbocycles. The summed E-state index contributed by atoms with van der Waals surface area (Å²) in [4.78, 5) is 21.0. The maximum absolute atomic E-state index is 10.1. The fourth-order valence-corrected chi connectivity index (χ4v) is 5.60. The summed E-state index contributed by atoms with van der Waals surface area (Å²) in [5.41, 5.74) is 10.8. The van der Waals surface area contributed by atoms with Crippen molar-refractivity contribution >= 4 is 39.6 Å². The van der Waals surface area contributed by atoms with Gasteiger partial charge >= 0.3 is 0 Å². The van der Waals surface area contributed by atoms with E-state index >= 15 is 0 Å². The van der Waals surface area contributed by atoms with E-state index in [0.29, 0.717) is 28.6 Å². The molecule has 1 saturated carbocycles. The van der Waals surface area contributed by atoms with Gasteiger partial charge in [0.25, 0.3) is 5.52 Å². The van der Waals surface area contributed by atoms with Gasteiger partial charge in [-0.2, -0.15) is 0 Å². The molecule has 0 amide bonds. The van der Waals surface area contributed by atoms with E-state index in [-0.39, 0.29) is 0 Å². The third kappa shape index (κ3) is 2.95. The summed E-state index contributed by atoms with van der Waals surface area (Å²) in [5.74, 6) is 2.15. The van der Waals surface area contributed by atoms with Gasteiger partial charge in [-0.1, -0.05) is 6.92 Å². The normalized spacial score (nSPS) is 22.4. The lowest BCUT2D eigenvalue weighted by Crippen LogP contribution is -2.30. The number of anilines is 1. The highest BCUT2D eigenvalue weighted by Gasteiger charge is 2.54. The molecule has 31 heavy (non-hydrogen) atoms. The highest BCUT2D eigenvalue weighted by molar-refractivity contribution is 7.99. The van der Waals surface area contributed by atoms with E-state index in [1.54, 1.807) is 18.5 Å². The zero-order valence-electron chi connectivity index (χ0n) is 17.4. The highest BCUT2D eigenvalue weighted by atomic mass is 32.2.